The Morgan fingerprint density at radius 2 is 1.81 bits per heavy atom. The van der Waals surface area contributed by atoms with E-state index in [9.17, 15) is 14.0 Å². The van der Waals surface area contributed by atoms with Crippen molar-refractivity contribution in [3.05, 3.63) is 58.4 Å². The molecule has 0 spiro atoms. The van der Waals surface area contributed by atoms with Gasteiger partial charge >= 0.3 is 5.97 Å². The normalized spacial score (nSPS) is 10.2. The first-order valence-electron chi connectivity index (χ1n) is 7.54. The number of methoxy groups -OCH3 is 2. The lowest BCUT2D eigenvalue weighted by Gasteiger charge is -2.11. The van der Waals surface area contributed by atoms with Crippen LogP contribution in [0.5, 0.6) is 11.5 Å². The standard InChI is InChI=1S/C18H17ClFNO5/c1-24-15-6-3-11(7-16(15)25-2)9-21-17(22)10-26-18(23)13-8-12(20)4-5-14(13)19/h3-8H,9-10H2,1-2H3,(H,21,22). The summed E-state index contributed by atoms with van der Waals surface area (Å²) in [5.74, 6) is -0.911. The van der Waals surface area contributed by atoms with Crippen LogP contribution in [0.15, 0.2) is 36.4 Å². The first-order valence-corrected chi connectivity index (χ1v) is 7.92. The molecule has 0 fully saturated rings. The molecule has 0 aromatic heterocycles. The van der Waals surface area contributed by atoms with Crippen LogP contribution in [0.1, 0.15) is 15.9 Å². The number of hydrogen-bond donors (Lipinski definition) is 1. The number of carbonyl (C=O) groups is 2. The molecule has 0 saturated heterocycles. The van der Waals surface area contributed by atoms with Gasteiger partial charge in [0.25, 0.3) is 5.91 Å². The minimum atomic E-state index is -0.879. The molecule has 0 radical (unpaired) electrons. The van der Waals surface area contributed by atoms with Gasteiger partial charge in [0.05, 0.1) is 24.8 Å². The third-order valence-corrected chi connectivity index (χ3v) is 3.75. The van der Waals surface area contributed by atoms with E-state index < -0.39 is 24.3 Å². The van der Waals surface area contributed by atoms with Crippen LogP contribution in [-0.4, -0.2) is 32.7 Å². The number of rotatable bonds is 7. The van der Waals surface area contributed by atoms with E-state index in [0.717, 1.165) is 17.7 Å². The topological polar surface area (TPSA) is 73.9 Å². The molecule has 0 heterocycles. The fourth-order valence-corrected chi connectivity index (χ4v) is 2.30. The van der Waals surface area contributed by atoms with Crippen LogP contribution in [0, 0.1) is 5.82 Å². The Balaban J connectivity index is 1.87. The number of hydrogen-bond acceptors (Lipinski definition) is 5. The fourth-order valence-electron chi connectivity index (χ4n) is 2.11. The van der Waals surface area contributed by atoms with E-state index in [1.165, 1.54) is 20.3 Å². The second kappa shape index (κ2) is 9.05. The molecule has 2 rings (SSSR count). The van der Waals surface area contributed by atoms with Gasteiger partial charge < -0.3 is 19.5 Å². The highest BCUT2D eigenvalue weighted by Crippen LogP contribution is 2.27. The maximum atomic E-state index is 13.2. The molecule has 0 aliphatic heterocycles. The Hall–Kier alpha value is -2.80. The highest BCUT2D eigenvalue weighted by Gasteiger charge is 2.15. The predicted molar refractivity (Wildman–Crippen MR) is 93.1 cm³/mol. The minimum Gasteiger partial charge on any atom is -0.493 e. The smallest absolute Gasteiger partial charge is 0.340 e. The molecule has 0 bridgehead atoms. The lowest BCUT2D eigenvalue weighted by Crippen LogP contribution is -2.28. The van der Waals surface area contributed by atoms with Gasteiger partial charge in [0.2, 0.25) is 0 Å². The van der Waals surface area contributed by atoms with Crippen molar-refractivity contribution < 1.29 is 28.2 Å². The number of nitrogens with one attached hydrogen (secondary N) is 1. The minimum absolute atomic E-state index is 0.0436. The summed E-state index contributed by atoms with van der Waals surface area (Å²) < 4.78 is 28.3. The average Bonchev–Trinajstić information content (AvgIpc) is 2.65. The van der Waals surface area contributed by atoms with Crippen LogP contribution in [0.3, 0.4) is 0 Å². The molecule has 0 aliphatic rings. The lowest BCUT2D eigenvalue weighted by molar-refractivity contribution is -0.124. The van der Waals surface area contributed by atoms with Crippen LogP contribution in [-0.2, 0) is 16.1 Å². The molecular weight excluding hydrogens is 365 g/mol. The Labute approximate surface area is 154 Å². The molecule has 2 aromatic carbocycles. The highest BCUT2D eigenvalue weighted by atomic mass is 35.5. The van der Waals surface area contributed by atoms with Crippen LogP contribution in [0.2, 0.25) is 5.02 Å². The van der Waals surface area contributed by atoms with Gasteiger partial charge in [0, 0.05) is 6.54 Å². The maximum absolute atomic E-state index is 13.2. The number of carbonyl (C=O) groups excluding carboxylic acids is 2. The van der Waals surface area contributed by atoms with Crippen molar-refractivity contribution in [3.63, 3.8) is 0 Å². The number of halogens is 2. The Morgan fingerprint density at radius 1 is 1.08 bits per heavy atom. The molecular formula is C18H17ClFNO5. The zero-order valence-electron chi connectivity index (χ0n) is 14.2. The van der Waals surface area contributed by atoms with Gasteiger partial charge in [-0.15, -0.1) is 0 Å². The van der Waals surface area contributed by atoms with E-state index in [1.807, 2.05) is 0 Å². The summed E-state index contributed by atoms with van der Waals surface area (Å²) in [4.78, 5) is 23.7. The number of esters is 1. The maximum Gasteiger partial charge on any atom is 0.340 e. The van der Waals surface area contributed by atoms with E-state index in [4.69, 9.17) is 25.8 Å². The Kier molecular flexibility index (Phi) is 6.80. The number of benzene rings is 2. The quantitative estimate of drug-likeness (QED) is 0.746. The molecule has 0 atom stereocenters. The lowest BCUT2D eigenvalue weighted by atomic mass is 10.2. The second-order valence-electron chi connectivity index (χ2n) is 5.17. The Morgan fingerprint density at radius 3 is 2.50 bits per heavy atom. The third kappa shape index (κ3) is 5.10. The fraction of sp³-hybridized carbons (Fsp3) is 0.222. The van der Waals surface area contributed by atoms with E-state index in [-0.39, 0.29) is 17.1 Å². The summed E-state index contributed by atoms with van der Waals surface area (Å²) in [5.41, 5.74) is 0.634. The van der Waals surface area contributed by atoms with E-state index in [0.29, 0.717) is 11.5 Å². The van der Waals surface area contributed by atoms with E-state index >= 15 is 0 Å². The van der Waals surface area contributed by atoms with Crippen molar-refractivity contribution in [1.29, 1.82) is 0 Å². The van der Waals surface area contributed by atoms with Crippen molar-refractivity contribution in [2.24, 2.45) is 0 Å². The zero-order chi connectivity index (χ0) is 19.1. The number of ether oxygens (including phenoxy) is 3. The van der Waals surface area contributed by atoms with Gasteiger partial charge in [-0.2, -0.15) is 0 Å². The SMILES string of the molecule is COc1ccc(CNC(=O)COC(=O)c2cc(F)ccc2Cl)cc1OC. The molecule has 8 heteroatoms. The zero-order valence-corrected chi connectivity index (χ0v) is 14.9. The molecule has 1 amide bonds. The monoisotopic (exact) mass is 381 g/mol. The summed E-state index contributed by atoms with van der Waals surface area (Å²) in [6.45, 7) is -0.309. The van der Waals surface area contributed by atoms with Crippen molar-refractivity contribution >= 4 is 23.5 Å². The predicted octanol–water partition coefficient (Wildman–Crippen LogP) is 2.97. The van der Waals surface area contributed by atoms with Gasteiger partial charge in [-0.25, -0.2) is 9.18 Å². The highest BCUT2D eigenvalue weighted by molar-refractivity contribution is 6.33. The van der Waals surface area contributed by atoms with Gasteiger partial charge in [-0.3, -0.25) is 4.79 Å². The summed E-state index contributed by atoms with van der Waals surface area (Å²) in [6, 6.07) is 8.51. The summed E-state index contributed by atoms with van der Waals surface area (Å²) >= 11 is 5.81. The first kappa shape index (κ1) is 19.5. The molecule has 0 saturated carbocycles. The van der Waals surface area contributed by atoms with Crippen molar-refractivity contribution in [3.8, 4) is 11.5 Å². The Bertz CT molecular complexity index is 812. The first-order chi connectivity index (χ1) is 12.4. The van der Waals surface area contributed by atoms with E-state index in [1.54, 1.807) is 18.2 Å². The molecule has 0 unspecified atom stereocenters. The van der Waals surface area contributed by atoms with Gasteiger partial charge in [0.1, 0.15) is 5.82 Å². The average molecular weight is 382 g/mol. The van der Waals surface area contributed by atoms with E-state index in [2.05, 4.69) is 5.32 Å². The summed E-state index contributed by atoms with van der Waals surface area (Å²) in [7, 11) is 3.04. The van der Waals surface area contributed by atoms with Gasteiger partial charge in [-0.05, 0) is 35.9 Å². The van der Waals surface area contributed by atoms with Crippen molar-refractivity contribution in [2.45, 2.75) is 6.54 Å². The summed E-state index contributed by atoms with van der Waals surface area (Å²) in [6.07, 6.45) is 0. The van der Waals surface area contributed by atoms with Crippen molar-refractivity contribution in [2.75, 3.05) is 20.8 Å². The van der Waals surface area contributed by atoms with Crippen LogP contribution < -0.4 is 14.8 Å². The van der Waals surface area contributed by atoms with Crippen molar-refractivity contribution in [1.82, 2.24) is 5.32 Å². The molecule has 1 N–H and O–H groups in total. The summed E-state index contributed by atoms with van der Waals surface area (Å²) in [5, 5.41) is 2.64. The molecule has 0 aliphatic carbocycles. The van der Waals surface area contributed by atoms with Crippen LogP contribution >= 0.6 is 11.6 Å². The molecule has 26 heavy (non-hydrogen) atoms. The van der Waals surface area contributed by atoms with Gasteiger partial charge in [-0.1, -0.05) is 17.7 Å². The molecule has 6 nitrogen and oxygen atoms in total. The van der Waals surface area contributed by atoms with Crippen LogP contribution in [0.4, 0.5) is 4.39 Å². The molecule has 138 valence electrons. The second-order valence-corrected chi connectivity index (χ2v) is 5.57. The third-order valence-electron chi connectivity index (χ3n) is 3.42. The molecule has 2 aromatic rings. The van der Waals surface area contributed by atoms with Crippen LogP contribution in [0.25, 0.3) is 0 Å². The van der Waals surface area contributed by atoms with Gasteiger partial charge in [0.15, 0.2) is 18.1 Å². The number of amides is 1. The largest absolute Gasteiger partial charge is 0.493 e.